The molecule has 3 atom stereocenters. The van der Waals surface area contributed by atoms with Gasteiger partial charge in [0.15, 0.2) is 0 Å². The average molecular weight is 435 g/mol. The van der Waals surface area contributed by atoms with E-state index in [2.05, 4.69) is 10.0 Å². The molecule has 28 heavy (non-hydrogen) atoms. The number of carbonyl (C=O) groups excluding carboxylic acids is 1. The van der Waals surface area contributed by atoms with Gasteiger partial charge in [-0.2, -0.15) is 0 Å². The van der Waals surface area contributed by atoms with Crippen molar-refractivity contribution in [2.24, 2.45) is 11.8 Å². The van der Waals surface area contributed by atoms with E-state index in [1.807, 2.05) is 0 Å². The van der Waals surface area contributed by atoms with Crippen molar-refractivity contribution in [3.05, 3.63) is 34.4 Å². The zero-order valence-electron chi connectivity index (χ0n) is 15.7. The van der Waals surface area contributed by atoms with Gasteiger partial charge >= 0.3 is 0 Å². The number of carbonyl (C=O) groups is 1. The topological polar surface area (TPSA) is 75.3 Å². The Kier molecular flexibility index (Phi) is 6.61. The summed E-state index contributed by atoms with van der Waals surface area (Å²) in [5.74, 6) is -2.30. The van der Waals surface area contributed by atoms with Gasteiger partial charge in [-0.25, -0.2) is 21.9 Å². The molecule has 2 saturated carbocycles. The second-order valence-electron chi connectivity index (χ2n) is 7.88. The van der Waals surface area contributed by atoms with E-state index in [1.165, 1.54) is 6.07 Å². The molecule has 0 spiro atoms. The Morgan fingerprint density at radius 3 is 2.50 bits per heavy atom. The van der Waals surface area contributed by atoms with Gasteiger partial charge in [-0.1, -0.05) is 24.4 Å². The Morgan fingerprint density at radius 2 is 1.86 bits per heavy atom. The third-order valence-corrected chi connectivity index (χ3v) is 6.80. The number of hydrogen-bond acceptors (Lipinski definition) is 3. The smallest absolute Gasteiger partial charge is 0.223 e. The molecule has 0 aromatic heterocycles. The van der Waals surface area contributed by atoms with Crippen LogP contribution in [0.15, 0.2) is 12.1 Å². The molecule has 1 aromatic carbocycles. The van der Waals surface area contributed by atoms with Gasteiger partial charge in [0.05, 0.1) is 17.3 Å². The van der Waals surface area contributed by atoms with Gasteiger partial charge in [0.2, 0.25) is 15.9 Å². The first-order valence-electron chi connectivity index (χ1n) is 9.56. The van der Waals surface area contributed by atoms with Gasteiger partial charge in [-0.3, -0.25) is 4.79 Å². The van der Waals surface area contributed by atoms with Crippen molar-refractivity contribution >= 4 is 27.5 Å². The highest BCUT2D eigenvalue weighted by molar-refractivity contribution is 7.88. The van der Waals surface area contributed by atoms with Crippen molar-refractivity contribution in [2.45, 2.75) is 57.0 Å². The molecule has 0 saturated heterocycles. The molecule has 2 aliphatic carbocycles. The normalized spacial score (nSPS) is 24.4. The molecular weight excluding hydrogens is 410 g/mol. The minimum absolute atomic E-state index is 0.0576. The third kappa shape index (κ3) is 5.02. The fraction of sp³-hybridized carbons (Fsp3) is 0.632. The number of hydrogen-bond donors (Lipinski definition) is 2. The van der Waals surface area contributed by atoms with E-state index in [1.54, 1.807) is 0 Å². The molecule has 9 heteroatoms. The molecule has 1 amide bonds. The molecule has 2 fully saturated rings. The summed E-state index contributed by atoms with van der Waals surface area (Å²) in [7, 11) is -3.35. The van der Waals surface area contributed by atoms with E-state index in [-0.39, 0.29) is 28.5 Å². The average Bonchev–Trinajstić information content (AvgIpc) is 3.28. The summed E-state index contributed by atoms with van der Waals surface area (Å²) in [6.07, 6.45) is 5.99. The van der Waals surface area contributed by atoms with Crippen molar-refractivity contribution in [3.63, 3.8) is 0 Å². The van der Waals surface area contributed by atoms with Crippen LogP contribution in [0.5, 0.6) is 0 Å². The molecule has 0 heterocycles. The number of benzene rings is 1. The summed E-state index contributed by atoms with van der Waals surface area (Å²) in [5, 5.41) is 2.68. The van der Waals surface area contributed by atoms with Crippen LogP contribution in [0.2, 0.25) is 5.02 Å². The number of nitrogens with one attached hydrogen (secondary N) is 2. The van der Waals surface area contributed by atoms with Gasteiger partial charge in [0.25, 0.3) is 0 Å². The lowest BCUT2D eigenvalue weighted by atomic mass is 9.90. The van der Waals surface area contributed by atoms with Crippen LogP contribution in [-0.4, -0.2) is 26.6 Å². The van der Waals surface area contributed by atoms with Crippen LogP contribution in [0.25, 0.3) is 0 Å². The Hall–Kier alpha value is -1.25. The summed E-state index contributed by atoms with van der Waals surface area (Å²) in [4.78, 5) is 12.8. The predicted molar refractivity (Wildman–Crippen MR) is 103 cm³/mol. The predicted octanol–water partition coefficient (Wildman–Crippen LogP) is 3.68. The molecule has 1 aromatic rings. The maximum absolute atomic E-state index is 14.6. The van der Waals surface area contributed by atoms with Gasteiger partial charge in [0, 0.05) is 17.5 Å². The second kappa shape index (κ2) is 8.63. The molecule has 3 rings (SSSR count). The third-order valence-electron chi connectivity index (χ3n) is 5.74. The quantitative estimate of drug-likeness (QED) is 0.670. The summed E-state index contributed by atoms with van der Waals surface area (Å²) < 4.78 is 54.4. The minimum Gasteiger partial charge on any atom is -0.349 e. The summed E-state index contributed by atoms with van der Waals surface area (Å²) >= 11 is 5.86. The fourth-order valence-corrected chi connectivity index (χ4v) is 5.43. The van der Waals surface area contributed by atoms with Crippen LogP contribution >= 0.6 is 11.6 Å². The second-order valence-corrected chi connectivity index (χ2v) is 10.1. The fourth-order valence-electron chi connectivity index (χ4n) is 4.44. The summed E-state index contributed by atoms with van der Waals surface area (Å²) in [6, 6.07) is 1.21. The first-order valence-corrected chi connectivity index (χ1v) is 11.8. The SMILES string of the molecule is CS(=O)(=O)N[C@H]1CC[C@H](C(=O)N[C@H](c2c(F)ccc(Cl)c2F)C2CCCC2)C1. The standard InChI is InChI=1S/C19H25ClF2N2O3S/c1-28(26,27)24-13-7-6-12(10-13)19(25)23-18(11-4-2-3-5-11)16-15(21)9-8-14(20)17(16)22/h8-9,11-13,18,24H,2-7,10H2,1H3,(H,23,25)/t12-,13-,18-/m0/s1. The molecule has 0 radical (unpaired) electrons. The van der Waals surface area contributed by atoms with Gasteiger partial charge in [-0.05, 0) is 50.2 Å². The number of rotatable bonds is 6. The lowest BCUT2D eigenvalue weighted by molar-refractivity contribution is -0.126. The molecule has 0 aliphatic heterocycles. The number of halogens is 3. The zero-order valence-corrected chi connectivity index (χ0v) is 17.3. The van der Waals surface area contributed by atoms with Crippen molar-refractivity contribution in [3.8, 4) is 0 Å². The first kappa shape index (κ1) is 21.5. The van der Waals surface area contributed by atoms with Crippen LogP contribution in [0.4, 0.5) is 8.78 Å². The molecule has 0 unspecified atom stereocenters. The maximum atomic E-state index is 14.6. The van der Waals surface area contributed by atoms with Gasteiger partial charge < -0.3 is 5.32 Å². The molecule has 2 aliphatic rings. The van der Waals surface area contributed by atoms with Crippen LogP contribution in [0.1, 0.15) is 56.6 Å². The van der Waals surface area contributed by atoms with E-state index in [0.29, 0.717) is 19.3 Å². The lowest BCUT2D eigenvalue weighted by Gasteiger charge is -2.27. The van der Waals surface area contributed by atoms with E-state index in [0.717, 1.165) is 38.0 Å². The van der Waals surface area contributed by atoms with Crippen molar-refractivity contribution < 1.29 is 22.0 Å². The largest absolute Gasteiger partial charge is 0.349 e. The summed E-state index contributed by atoms with van der Waals surface area (Å²) in [5.41, 5.74) is -0.184. The number of sulfonamides is 1. The summed E-state index contributed by atoms with van der Waals surface area (Å²) in [6.45, 7) is 0. The Bertz CT molecular complexity index is 844. The van der Waals surface area contributed by atoms with E-state index in [4.69, 9.17) is 11.6 Å². The molecule has 2 N–H and O–H groups in total. The van der Waals surface area contributed by atoms with Crippen LogP contribution < -0.4 is 10.0 Å². The Labute approximate surface area is 169 Å². The highest BCUT2D eigenvalue weighted by Gasteiger charge is 2.36. The maximum Gasteiger partial charge on any atom is 0.223 e. The molecule has 5 nitrogen and oxygen atoms in total. The number of amides is 1. The zero-order chi connectivity index (χ0) is 20.5. The minimum atomic E-state index is -3.35. The van der Waals surface area contributed by atoms with Crippen molar-refractivity contribution in [1.82, 2.24) is 10.0 Å². The monoisotopic (exact) mass is 434 g/mol. The van der Waals surface area contributed by atoms with Gasteiger partial charge in [0.1, 0.15) is 11.6 Å². The highest BCUT2D eigenvalue weighted by atomic mass is 35.5. The van der Waals surface area contributed by atoms with E-state index in [9.17, 15) is 22.0 Å². The Balaban J connectivity index is 1.78. The molecule has 0 bridgehead atoms. The van der Waals surface area contributed by atoms with E-state index >= 15 is 0 Å². The van der Waals surface area contributed by atoms with E-state index < -0.39 is 33.6 Å². The Morgan fingerprint density at radius 1 is 1.18 bits per heavy atom. The first-order chi connectivity index (χ1) is 13.2. The van der Waals surface area contributed by atoms with Crippen LogP contribution in [-0.2, 0) is 14.8 Å². The lowest BCUT2D eigenvalue weighted by Crippen LogP contribution is -2.38. The van der Waals surface area contributed by atoms with Gasteiger partial charge in [-0.15, -0.1) is 0 Å². The van der Waals surface area contributed by atoms with Crippen LogP contribution in [0.3, 0.4) is 0 Å². The molecule has 156 valence electrons. The molecular formula is C19H25ClF2N2O3S. The van der Waals surface area contributed by atoms with Crippen molar-refractivity contribution in [1.29, 1.82) is 0 Å². The van der Waals surface area contributed by atoms with Crippen molar-refractivity contribution in [2.75, 3.05) is 6.26 Å². The van der Waals surface area contributed by atoms with Crippen LogP contribution in [0, 0.1) is 23.5 Å². The highest BCUT2D eigenvalue weighted by Crippen LogP contribution is 2.39.